The Balaban J connectivity index is 1.81. The van der Waals surface area contributed by atoms with E-state index in [1.807, 2.05) is 36.4 Å². The second kappa shape index (κ2) is 19.9. The molecule has 3 N–H and O–H groups in total. The quantitative estimate of drug-likeness (QED) is 0.0788. The number of aromatic hydroxyl groups is 3. The lowest BCUT2D eigenvalue weighted by atomic mass is 9.86. The Morgan fingerprint density at radius 2 is 0.604 bits per heavy atom. The van der Waals surface area contributed by atoms with Gasteiger partial charge < -0.3 is 15.3 Å². The fourth-order valence-electron chi connectivity index (χ4n) is 7.06. The number of unbranched alkanes of at least 4 members (excludes halogenated alkanes) is 12. The van der Waals surface area contributed by atoms with E-state index in [0.717, 1.165) is 71.9 Å². The molecule has 0 aliphatic heterocycles. The van der Waals surface area contributed by atoms with Gasteiger partial charge in [-0.2, -0.15) is 0 Å². The van der Waals surface area contributed by atoms with Gasteiger partial charge in [0, 0.05) is 0 Å². The Labute approximate surface area is 291 Å². The predicted octanol–water partition coefficient (Wildman–Crippen LogP) is 13.3. The fraction of sp³-hybridized carbons (Fsp3) is 0.467. The first-order chi connectivity index (χ1) is 23.4. The number of rotatable bonds is 21. The molecular weight excluding hydrogens is 588 g/mol. The fourth-order valence-corrected chi connectivity index (χ4v) is 7.06. The first-order valence-corrected chi connectivity index (χ1v) is 19.0. The molecule has 0 fully saturated rings. The average molecular weight is 649 g/mol. The van der Waals surface area contributed by atoms with E-state index in [0.29, 0.717) is 17.2 Å². The number of hydrogen-bond acceptors (Lipinski definition) is 3. The lowest BCUT2D eigenvalue weighted by Crippen LogP contribution is -1.96. The molecule has 4 rings (SSSR count). The summed E-state index contributed by atoms with van der Waals surface area (Å²) in [6.07, 6.45) is 20.9. The van der Waals surface area contributed by atoms with Gasteiger partial charge in [-0.05, 0) is 143 Å². The smallest absolute Gasteiger partial charge is 0.115 e. The highest BCUT2D eigenvalue weighted by Gasteiger charge is 2.16. The van der Waals surface area contributed by atoms with Crippen LogP contribution in [0.15, 0.2) is 72.8 Å². The van der Waals surface area contributed by atoms with Crippen LogP contribution in [0.2, 0.25) is 0 Å². The number of phenolic OH excluding ortho intramolecular Hbond substituents is 3. The van der Waals surface area contributed by atoms with Crippen molar-refractivity contribution in [1.82, 2.24) is 0 Å². The molecule has 3 nitrogen and oxygen atoms in total. The van der Waals surface area contributed by atoms with Crippen LogP contribution in [0.25, 0.3) is 33.4 Å². The third kappa shape index (κ3) is 11.2. The molecule has 258 valence electrons. The van der Waals surface area contributed by atoms with Crippen LogP contribution in [0.3, 0.4) is 0 Å². The molecule has 0 saturated carbocycles. The molecule has 0 unspecified atom stereocenters. The van der Waals surface area contributed by atoms with Crippen molar-refractivity contribution in [3.05, 3.63) is 89.5 Å². The Bertz CT molecular complexity index is 1360. The van der Waals surface area contributed by atoms with Gasteiger partial charge in [-0.1, -0.05) is 116 Å². The molecule has 0 atom stereocenters. The minimum Gasteiger partial charge on any atom is -0.508 e. The van der Waals surface area contributed by atoms with Crippen LogP contribution in [0.1, 0.15) is 134 Å². The summed E-state index contributed by atoms with van der Waals surface area (Å²) in [5, 5.41) is 31.6. The molecule has 4 aromatic rings. The number of phenols is 3. The van der Waals surface area contributed by atoms with Gasteiger partial charge in [-0.15, -0.1) is 0 Å². The molecule has 0 aromatic heterocycles. The van der Waals surface area contributed by atoms with E-state index in [-0.39, 0.29) is 0 Å². The maximum Gasteiger partial charge on any atom is 0.115 e. The topological polar surface area (TPSA) is 60.7 Å². The third-order valence-corrected chi connectivity index (χ3v) is 9.78. The highest BCUT2D eigenvalue weighted by atomic mass is 16.3. The van der Waals surface area contributed by atoms with E-state index in [1.54, 1.807) is 0 Å². The average Bonchev–Trinajstić information content (AvgIpc) is 3.08. The molecule has 0 heterocycles. The van der Waals surface area contributed by atoms with E-state index in [2.05, 4.69) is 57.2 Å². The van der Waals surface area contributed by atoms with Crippen molar-refractivity contribution in [1.29, 1.82) is 0 Å². The molecule has 0 amide bonds. The monoisotopic (exact) mass is 648 g/mol. The van der Waals surface area contributed by atoms with Crippen LogP contribution in [0.4, 0.5) is 0 Å². The second-order valence-corrected chi connectivity index (χ2v) is 13.8. The van der Waals surface area contributed by atoms with Crippen molar-refractivity contribution in [2.24, 2.45) is 0 Å². The SMILES string of the molecule is CCCCCCCc1cc(O)ccc1-c1cc(-c2ccc(O)cc2CCCCCCC)cc(-c2ccc(O)cc2CCCCCCC)c1. The zero-order valence-corrected chi connectivity index (χ0v) is 30.0. The van der Waals surface area contributed by atoms with Crippen LogP contribution in [-0.4, -0.2) is 15.3 Å². The van der Waals surface area contributed by atoms with Crippen LogP contribution in [-0.2, 0) is 19.3 Å². The summed E-state index contributed by atoms with van der Waals surface area (Å²) < 4.78 is 0. The standard InChI is InChI=1S/C45H60O3/c1-4-7-10-13-16-19-34-31-40(46)22-25-43(34)37-28-38(44-26-23-41(47)32-35(44)20-17-14-11-8-5-2)30-39(29-37)45-27-24-42(48)33-36(45)21-18-15-12-9-6-3/h22-33,46-48H,4-21H2,1-3H3. The summed E-state index contributed by atoms with van der Waals surface area (Å²) >= 11 is 0. The Morgan fingerprint density at radius 3 is 0.875 bits per heavy atom. The molecule has 3 heteroatoms. The van der Waals surface area contributed by atoms with Gasteiger partial charge in [0.05, 0.1) is 0 Å². The van der Waals surface area contributed by atoms with Gasteiger partial charge in [-0.25, -0.2) is 0 Å². The molecule has 0 spiro atoms. The zero-order chi connectivity index (χ0) is 34.1. The Hall–Kier alpha value is -3.72. The molecular formula is C45H60O3. The number of aryl methyl sites for hydroxylation is 3. The lowest BCUT2D eigenvalue weighted by Gasteiger charge is -2.18. The summed E-state index contributed by atoms with van der Waals surface area (Å²) in [4.78, 5) is 0. The van der Waals surface area contributed by atoms with E-state index < -0.39 is 0 Å². The number of benzene rings is 4. The highest BCUT2D eigenvalue weighted by molar-refractivity contribution is 5.84. The molecule has 48 heavy (non-hydrogen) atoms. The van der Waals surface area contributed by atoms with E-state index >= 15 is 0 Å². The number of hydrogen-bond donors (Lipinski definition) is 3. The Kier molecular flexibility index (Phi) is 15.4. The highest BCUT2D eigenvalue weighted by Crippen LogP contribution is 2.39. The van der Waals surface area contributed by atoms with Gasteiger partial charge in [0.25, 0.3) is 0 Å². The maximum atomic E-state index is 10.5. The van der Waals surface area contributed by atoms with Gasteiger partial charge in [0.15, 0.2) is 0 Å². The third-order valence-electron chi connectivity index (χ3n) is 9.78. The van der Waals surface area contributed by atoms with Crippen molar-refractivity contribution < 1.29 is 15.3 Å². The summed E-state index contributed by atoms with van der Waals surface area (Å²) in [5.74, 6) is 0.935. The minimum absolute atomic E-state index is 0.312. The summed E-state index contributed by atoms with van der Waals surface area (Å²) in [7, 11) is 0. The summed E-state index contributed by atoms with van der Waals surface area (Å²) in [6.45, 7) is 6.74. The normalized spacial score (nSPS) is 11.3. The van der Waals surface area contributed by atoms with E-state index in [1.165, 1.54) is 93.7 Å². The van der Waals surface area contributed by atoms with Crippen molar-refractivity contribution in [3.63, 3.8) is 0 Å². The van der Waals surface area contributed by atoms with Crippen LogP contribution in [0.5, 0.6) is 17.2 Å². The van der Waals surface area contributed by atoms with E-state index in [4.69, 9.17) is 0 Å². The van der Waals surface area contributed by atoms with Crippen LogP contribution in [0, 0.1) is 0 Å². The minimum atomic E-state index is 0.312. The summed E-state index contributed by atoms with van der Waals surface area (Å²) in [5.41, 5.74) is 10.4. The van der Waals surface area contributed by atoms with Crippen molar-refractivity contribution in [2.75, 3.05) is 0 Å². The van der Waals surface area contributed by atoms with Gasteiger partial charge in [-0.3, -0.25) is 0 Å². The molecule has 0 bridgehead atoms. The van der Waals surface area contributed by atoms with Crippen molar-refractivity contribution in [3.8, 4) is 50.6 Å². The van der Waals surface area contributed by atoms with Gasteiger partial charge in [0.2, 0.25) is 0 Å². The molecule has 0 saturated heterocycles. The predicted molar refractivity (Wildman–Crippen MR) is 205 cm³/mol. The molecule has 0 radical (unpaired) electrons. The maximum absolute atomic E-state index is 10.5. The van der Waals surface area contributed by atoms with Gasteiger partial charge >= 0.3 is 0 Å². The first kappa shape index (κ1) is 37.1. The zero-order valence-electron chi connectivity index (χ0n) is 30.0. The largest absolute Gasteiger partial charge is 0.508 e. The molecule has 0 aliphatic rings. The molecule has 4 aromatic carbocycles. The lowest BCUT2D eigenvalue weighted by molar-refractivity contribution is 0.474. The van der Waals surface area contributed by atoms with Crippen LogP contribution >= 0.6 is 0 Å². The molecule has 0 aliphatic carbocycles. The van der Waals surface area contributed by atoms with Crippen LogP contribution < -0.4 is 0 Å². The van der Waals surface area contributed by atoms with E-state index in [9.17, 15) is 15.3 Å². The second-order valence-electron chi connectivity index (χ2n) is 13.8. The summed E-state index contributed by atoms with van der Waals surface area (Å²) in [6, 6.07) is 24.4. The Morgan fingerprint density at radius 1 is 0.333 bits per heavy atom. The first-order valence-electron chi connectivity index (χ1n) is 19.0. The van der Waals surface area contributed by atoms with Crippen molar-refractivity contribution in [2.45, 2.75) is 136 Å². The van der Waals surface area contributed by atoms with Gasteiger partial charge in [0.1, 0.15) is 17.2 Å². The van der Waals surface area contributed by atoms with Crippen molar-refractivity contribution >= 4 is 0 Å².